The smallest absolute Gasteiger partial charge is 0.128 e. The van der Waals surface area contributed by atoms with Gasteiger partial charge in [-0.25, -0.2) is 0 Å². The lowest BCUT2D eigenvalue weighted by Crippen LogP contribution is -2.00. The fourth-order valence-electron chi connectivity index (χ4n) is 5.11. The van der Waals surface area contributed by atoms with Crippen molar-refractivity contribution in [3.63, 3.8) is 0 Å². The Balaban J connectivity index is 1.56. The van der Waals surface area contributed by atoms with Crippen LogP contribution in [0.25, 0.3) is 32.7 Å². The normalized spacial score (nSPS) is 12.9. The number of phenols is 2. The quantitative estimate of drug-likeness (QED) is 0.209. The van der Waals surface area contributed by atoms with Crippen molar-refractivity contribution in [2.24, 2.45) is 0 Å². The summed E-state index contributed by atoms with van der Waals surface area (Å²) < 4.78 is 26.5. The third-order valence-corrected chi connectivity index (χ3v) is 9.78. The predicted octanol–water partition coefficient (Wildman–Crippen LogP) is 7.69. The average Bonchev–Trinajstić information content (AvgIpc) is 2.99. The van der Waals surface area contributed by atoms with Gasteiger partial charge in [0.1, 0.15) is 11.5 Å². The molecule has 0 spiro atoms. The van der Waals surface area contributed by atoms with E-state index in [1.807, 2.05) is 121 Å². The van der Waals surface area contributed by atoms with Crippen LogP contribution in [0.4, 0.5) is 0 Å². The molecular formula is C34H26O4S2. The van der Waals surface area contributed by atoms with Gasteiger partial charge in [0.15, 0.2) is 0 Å². The van der Waals surface area contributed by atoms with Gasteiger partial charge in [-0.1, -0.05) is 84.9 Å². The highest BCUT2D eigenvalue weighted by atomic mass is 32.2. The molecule has 6 rings (SSSR count). The Morgan fingerprint density at radius 1 is 0.475 bits per heavy atom. The summed E-state index contributed by atoms with van der Waals surface area (Å²) in [6, 6.07) is 37.4. The summed E-state index contributed by atoms with van der Waals surface area (Å²) in [6.07, 6.45) is 0. The second-order valence-electron chi connectivity index (χ2n) is 9.57. The molecule has 2 unspecified atom stereocenters. The minimum absolute atomic E-state index is 0.0234. The zero-order valence-corrected chi connectivity index (χ0v) is 23.1. The zero-order chi connectivity index (χ0) is 27.6. The summed E-state index contributed by atoms with van der Waals surface area (Å²) in [5, 5.41) is 26.8. The largest absolute Gasteiger partial charge is 0.507 e. The fourth-order valence-corrected chi connectivity index (χ4v) is 7.37. The van der Waals surface area contributed by atoms with Crippen LogP contribution in [0.1, 0.15) is 11.1 Å². The van der Waals surface area contributed by atoms with Gasteiger partial charge in [0.25, 0.3) is 0 Å². The monoisotopic (exact) mass is 562 g/mol. The lowest BCUT2D eigenvalue weighted by molar-refractivity contribution is 0.465. The molecule has 0 amide bonds. The van der Waals surface area contributed by atoms with Crippen LogP contribution in [0.5, 0.6) is 11.5 Å². The molecule has 0 aliphatic heterocycles. The highest BCUT2D eigenvalue weighted by molar-refractivity contribution is 7.84. The summed E-state index contributed by atoms with van der Waals surface area (Å²) >= 11 is 0. The van der Waals surface area contributed by atoms with Crippen LogP contribution in [-0.2, 0) is 33.1 Å². The van der Waals surface area contributed by atoms with Gasteiger partial charge in [-0.2, -0.15) is 0 Å². The van der Waals surface area contributed by atoms with Crippen LogP contribution in [0.3, 0.4) is 0 Å². The summed E-state index contributed by atoms with van der Waals surface area (Å²) in [5.74, 6) is 0.184. The van der Waals surface area contributed by atoms with Crippen LogP contribution in [0.15, 0.2) is 131 Å². The molecule has 2 N–H and O–H groups in total. The van der Waals surface area contributed by atoms with E-state index >= 15 is 0 Å². The number of phenolic OH excluding ortho intramolecular Hbond substituents is 2. The molecule has 6 aromatic rings. The lowest BCUT2D eigenvalue weighted by atomic mass is 9.89. The molecule has 0 fully saturated rings. The molecule has 0 saturated heterocycles. The first-order valence-electron chi connectivity index (χ1n) is 12.9. The minimum atomic E-state index is -1.38. The molecule has 4 nitrogen and oxygen atoms in total. The van der Waals surface area contributed by atoms with Crippen molar-refractivity contribution in [3.05, 3.63) is 132 Å². The van der Waals surface area contributed by atoms with Gasteiger partial charge in [0.05, 0.1) is 33.1 Å². The van der Waals surface area contributed by atoms with Crippen molar-refractivity contribution in [3.8, 4) is 22.6 Å². The lowest BCUT2D eigenvalue weighted by Gasteiger charge is -2.19. The van der Waals surface area contributed by atoms with E-state index in [9.17, 15) is 18.6 Å². The molecule has 6 aromatic carbocycles. The summed E-state index contributed by atoms with van der Waals surface area (Å²) in [7, 11) is -2.76. The Bertz CT molecular complexity index is 1760. The Kier molecular flexibility index (Phi) is 7.20. The highest BCUT2D eigenvalue weighted by Crippen LogP contribution is 2.48. The Morgan fingerprint density at radius 3 is 1.23 bits per heavy atom. The van der Waals surface area contributed by atoms with Crippen molar-refractivity contribution in [2.45, 2.75) is 21.3 Å². The topological polar surface area (TPSA) is 74.6 Å². The van der Waals surface area contributed by atoms with E-state index in [4.69, 9.17) is 0 Å². The fraction of sp³-hybridized carbons (Fsp3) is 0.0588. The second kappa shape index (κ2) is 11.1. The van der Waals surface area contributed by atoms with Gasteiger partial charge >= 0.3 is 0 Å². The molecule has 2 atom stereocenters. The van der Waals surface area contributed by atoms with Gasteiger partial charge in [0.2, 0.25) is 0 Å². The van der Waals surface area contributed by atoms with Crippen molar-refractivity contribution in [2.75, 3.05) is 0 Å². The number of hydrogen-bond donors (Lipinski definition) is 2. The molecule has 6 heteroatoms. The van der Waals surface area contributed by atoms with Gasteiger partial charge < -0.3 is 10.2 Å². The van der Waals surface area contributed by atoms with E-state index in [2.05, 4.69) is 0 Å². The summed E-state index contributed by atoms with van der Waals surface area (Å²) in [4.78, 5) is 1.35. The van der Waals surface area contributed by atoms with E-state index in [1.165, 1.54) is 0 Å². The summed E-state index contributed by atoms with van der Waals surface area (Å²) in [6.45, 7) is 0. The molecule has 0 saturated carbocycles. The molecule has 0 aromatic heterocycles. The van der Waals surface area contributed by atoms with Gasteiger partial charge in [0, 0.05) is 32.0 Å². The SMILES string of the molecule is O=S(Cc1cc2ccccc2c(-c2c(O)c(CS(=O)c3ccccc3)cc3ccccc23)c1O)c1ccccc1. The highest BCUT2D eigenvalue weighted by Gasteiger charge is 2.23. The number of benzene rings is 6. The molecule has 40 heavy (non-hydrogen) atoms. The number of rotatable bonds is 7. The third-order valence-electron chi connectivity index (χ3n) is 7.04. The van der Waals surface area contributed by atoms with Crippen LogP contribution in [-0.4, -0.2) is 18.6 Å². The van der Waals surface area contributed by atoms with Crippen molar-refractivity contribution < 1.29 is 18.6 Å². The third kappa shape index (κ3) is 4.92. The Labute approximate surface area is 237 Å². The van der Waals surface area contributed by atoms with Gasteiger partial charge in [-0.05, 0) is 57.9 Å². The van der Waals surface area contributed by atoms with Crippen LogP contribution >= 0.6 is 0 Å². The predicted molar refractivity (Wildman–Crippen MR) is 163 cm³/mol. The van der Waals surface area contributed by atoms with Crippen molar-refractivity contribution in [1.29, 1.82) is 0 Å². The maximum atomic E-state index is 13.3. The average molecular weight is 563 g/mol. The first-order valence-corrected chi connectivity index (χ1v) is 15.5. The van der Waals surface area contributed by atoms with Crippen molar-refractivity contribution >= 4 is 43.1 Å². The minimum Gasteiger partial charge on any atom is -0.507 e. The molecule has 0 bridgehead atoms. The molecular weight excluding hydrogens is 537 g/mol. The van der Waals surface area contributed by atoms with Crippen LogP contribution in [0.2, 0.25) is 0 Å². The molecule has 198 valence electrons. The van der Waals surface area contributed by atoms with E-state index in [0.29, 0.717) is 32.0 Å². The number of hydrogen-bond acceptors (Lipinski definition) is 4. The summed E-state index contributed by atoms with van der Waals surface area (Å²) in [5.41, 5.74) is 1.99. The first-order chi connectivity index (χ1) is 19.5. The maximum Gasteiger partial charge on any atom is 0.128 e. The maximum absolute atomic E-state index is 13.3. The Hall–Kier alpha value is -4.26. The second-order valence-corrected chi connectivity index (χ2v) is 12.5. The van der Waals surface area contributed by atoms with E-state index in [-0.39, 0.29) is 23.0 Å². The van der Waals surface area contributed by atoms with Crippen molar-refractivity contribution in [1.82, 2.24) is 0 Å². The van der Waals surface area contributed by atoms with Gasteiger partial charge in [-0.3, -0.25) is 8.42 Å². The first kappa shape index (κ1) is 26.0. The number of aromatic hydroxyl groups is 2. The van der Waals surface area contributed by atoms with Gasteiger partial charge in [-0.15, -0.1) is 0 Å². The zero-order valence-electron chi connectivity index (χ0n) is 21.5. The van der Waals surface area contributed by atoms with Crippen LogP contribution in [0, 0.1) is 0 Å². The number of fused-ring (bicyclic) bond motifs is 2. The van der Waals surface area contributed by atoms with E-state index in [0.717, 1.165) is 21.5 Å². The Morgan fingerprint density at radius 2 is 0.825 bits per heavy atom. The van der Waals surface area contributed by atoms with Crippen LogP contribution < -0.4 is 0 Å². The molecule has 0 aliphatic carbocycles. The molecule has 0 aliphatic rings. The molecule has 0 heterocycles. The molecule has 0 radical (unpaired) electrons. The standard InChI is InChI=1S/C34H26O4S2/c35-33-25(21-39(37)27-13-3-1-4-14-27)19-23-11-7-9-17-29(23)31(33)32-30-18-10-8-12-24(30)20-26(34(32)36)22-40(38)28-15-5-2-6-16-28/h1-20,35-36H,21-22H2. The van der Waals surface area contributed by atoms with E-state index < -0.39 is 21.6 Å². The van der Waals surface area contributed by atoms with E-state index in [1.54, 1.807) is 0 Å².